The van der Waals surface area contributed by atoms with E-state index in [4.69, 9.17) is 0 Å². The molecule has 1 fully saturated rings. The molecule has 0 radical (unpaired) electrons. The molecule has 1 aromatic heterocycles. The molecule has 1 aromatic rings. The molecule has 0 saturated heterocycles. The second-order valence-electron chi connectivity index (χ2n) is 4.32. The molecule has 82 valence electrons. The van der Waals surface area contributed by atoms with Gasteiger partial charge in [-0.2, -0.15) is 0 Å². The summed E-state index contributed by atoms with van der Waals surface area (Å²) in [7, 11) is 0. The highest BCUT2D eigenvalue weighted by Gasteiger charge is 2.18. The third-order valence-electron chi connectivity index (χ3n) is 3.09. The van der Waals surface area contributed by atoms with E-state index in [1.807, 2.05) is 5.38 Å². The Labute approximate surface area is 94.7 Å². The van der Waals surface area contributed by atoms with Gasteiger partial charge in [0, 0.05) is 18.2 Å². The lowest BCUT2D eigenvalue weighted by molar-refractivity contribution is 0.101. The minimum atomic E-state index is 0.0890. The molecule has 0 aliphatic heterocycles. The van der Waals surface area contributed by atoms with Crippen LogP contribution in [0.2, 0.25) is 0 Å². The third-order valence-corrected chi connectivity index (χ3v) is 4.09. The van der Waals surface area contributed by atoms with Crippen LogP contribution in [0.15, 0.2) is 5.38 Å². The summed E-state index contributed by atoms with van der Waals surface area (Å²) in [5, 5.41) is 3.09. The fraction of sp³-hybridized carbons (Fsp3) is 0.667. The lowest BCUT2D eigenvalue weighted by atomic mass is 10.0. The molecule has 1 aliphatic rings. The average molecular weight is 223 g/mol. The summed E-state index contributed by atoms with van der Waals surface area (Å²) in [6.07, 6.45) is 7.87. The highest BCUT2D eigenvalue weighted by atomic mass is 32.1. The minimum Gasteiger partial charge on any atom is -0.293 e. The largest absolute Gasteiger partial charge is 0.293 e. The van der Waals surface area contributed by atoms with Gasteiger partial charge in [-0.25, -0.2) is 4.98 Å². The number of carbonyl (C=O) groups excluding carboxylic acids is 1. The first-order valence-corrected chi connectivity index (χ1v) is 6.61. The van der Waals surface area contributed by atoms with Gasteiger partial charge in [-0.1, -0.05) is 25.7 Å². The second kappa shape index (κ2) is 4.88. The van der Waals surface area contributed by atoms with Crippen LogP contribution in [-0.4, -0.2) is 10.8 Å². The number of aromatic nitrogens is 1. The Morgan fingerprint density at radius 2 is 2.00 bits per heavy atom. The van der Waals surface area contributed by atoms with Gasteiger partial charge in [-0.3, -0.25) is 4.79 Å². The van der Waals surface area contributed by atoms with E-state index < -0.39 is 0 Å². The maximum Gasteiger partial charge on any atom is 0.178 e. The molecule has 2 rings (SSSR count). The lowest BCUT2D eigenvalue weighted by Crippen LogP contribution is -1.98. The van der Waals surface area contributed by atoms with Crippen molar-refractivity contribution < 1.29 is 4.79 Å². The summed E-state index contributed by atoms with van der Waals surface area (Å²) in [5.74, 6) is 0.705. The van der Waals surface area contributed by atoms with Crippen molar-refractivity contribution in [1.82, 2.24) is 4.98 Å². The lowest BCUT2D eigenvalue weighted by Gasteiger charge is -2.09. The fourth-order valence-corrected chi connectivity index (χ4v) is 3.19. The maximum atomic E-state index is 11.2. The van der Waals surface area contributed by atoms with Crippen LogP contribution in [0.25, 0.3) is 0 Å². The number of rotatable bonds is 2. The topological polar surface area (TPSA) is 30.0 Å². The van der Waals surface area contributed by atoms with Gasteiger partial charge in [0.1, 0.15) is 5.69 Å². The molecule has 0 spiro atoms. The molecule has 2 nitrogen and oxygen atoms in total. The zero-order valence-corrected chi connectivity index (χ0v) is 9.98. The van der Waals surface area contributed by atoms with E-state index >= 15 is 0 Å². The van der Waals surface area contributed by atoms with Gasteiger partial charge in [-0.15, -0.1) is 11.3 Å². The predicted molar refractivity (Wildman–Crippen MR) is 62.6 cm³/mol. The summed E-state index contributed by atoms with van der Waals surface area (Å²) >= 11 is 1.66. The van der Waals surface area contributed by atoms with E-state index in [0.29, 0.717) is 11.6 Å². The monoisotopic (exact) mass is 223 g/mol. The van der Waals surface area contributed by atoms with Crippen molar-refractivity contribution in [2.75, 3.05) is 0 Å². The highest BCUT2D eigenvalue weighted by molar-refractivity contribution is 7.09. The van der Waals surface area contributed by atoms with Crippen LogP contribution in [0.5, 0.6) is 0 Å². The van der Waals surface area contributed by atoms with Crippen molar-refractivity contribution in [3.05, 3.63) is 16.1 Å². The van der Waals surface area contributed by atoms with E-state index in [1.54, 1.807) is 18.3 Å². The molecule has 0 atom stereocenters. The van der Waals surface area contributed by atoms with E-state index in [9.17, 15) is 4.79 Å². The number of hydrogen-bond acceptors (Lipinski definition) is 3. The van der Waals surface area contributed by atoms with Crippen LogP contribution in [0.4, 0.5) is 0 Å². The standard InChI is InChI=1S/C12H17NOS/c1-9(14)11-8-15-12(13-11)10-6-4-2-3-5-7-10/h8,10H,2-7H2,1H3. The predicted octanol–water partition coefficient (Wildman–Crippen LogP) is 3.78. The molecule has 3 heteroatoms. The van der Waals surface area contributed by atoms with Crippen LogP contribution in [0, 0.1) is 0 Å². The zero-order valence-electron chi connectivity index (χ0n) is 9.16. The summed E-state index contributed by atoms with van der Waals surface area (Å²) in [6, 6.07) is 0. The van der Waals surface area contributed by atoms with E-state index in [-0.39, 0.29) is 5.78 Å². The molecule has 0 amide bonds. The molecule has 0 unspecified atom stereocenters. The first kappa shape index (κ1) is 10.8. The Morgan fingerprint density at radius 3 is 2.53 bits per heavy atom. The summed E-state index contributed by atoms with van der Waals surface area (Å²) in [4.78, 5) is 15.6. The average Bonchev–Trinajstić information content (AvgIpc) is 2.55. The smallest absolute Gasteiger partial charge is 0.178 e. The van der Waals surface area contributed by atoms with Crippen LogP contribution < -0.4 is 0 Å². The molecule has 1 heterocycles. The van der Waals surface area contributed by atoms with Gasteiger partial charge < -0.3 is 0 Å². The van der Waals surface area contributed by atoms with Crippen molar-refractivity contribution in [1.29, 1.82) is 0 Å². The summed E-state index contributed by atoms with van der Waals surface area (Å²) in [6.45, 7) is 1.59. The molecular formula is C12H17NOS. The Bertz CT molecular complexity index is 337. The number of carbonyl (C=O) groups is 1. The van der Waals surface area contributed by atoms with Gasteiger partial charge in [0.2, 0.25) is 0 Å². The van der Waals surface area contributed by atoms with Gasteiger partial charge in [0.25, 0.3) is 0 Å². The fourth-order valence-electron chi connectivity index (χ4n) is 2.16. The minimum absolute atomic E-state index is 0.0890. The summed E-state index contributed by atoms with van der Waals surface area (Å²) in [5.41, 5.74) is 0.652. The molecule has 15 heavy (non-hydrogen) atoms. The van der Waals surface area contributed by atoms with Crippen molar-refractivity contribution in [3.63, 3.8) is 0 Å². The van der Waals surface area contributed by atoms with Gasteiger partial charge in [0.05, 0.1) is 5.01 Å². The number of thiazole rings is 1. The van der Waals surface area contributed by atoms with E-state index in [0.717, 1.165) is 0 Å². The Hall–Kier alpha value is -0.700. The van der Waals surface area contributed by atoms with Crippen molar-refractivity contribution in [2.45, 2.75) is 51.4 Å². The molecular weight excluding hydrogens is 206 g/mol. The van der Waals surface area contributed by atoms with Crippen LogP contribution in [-0.2, 0) is 0 Å². The van der Waals surface area contributed by atoms with Crippen molar-refractivity contribution in [2.24, 2.45) is 0 Å². The SMILES string of the molecule is CC(=O)c1csc(C2CCCCCC2)n1. The number of hydrogen-bond donors (Lipinski definition) is 0. The number of Topliss-reactive ketones (excluding diaryl/α,β-unsaturated/α-hetero) is 1. The molecule has 1 aliphatic carbocycles. The zero-order chi connectivity index (χ0) is 10.7. The third kappa shape index (κ3) is 2.65. The Balaban J connectivity index is 2.10. The first-order valence-electron chi connectivity index (χ1n) is 5.74. The van der Waals surface area contributed by atoms with E-state index in [1.165, 1.54) is 43.5 Å². The highest BCUT2D eigenvalue weighted by Crippen LogP contribution is 2.33. The van der Waals surface area contributed by atoms with E-state index in [2.05, 4.69) is 4.98 Å². The van der Waals surface area contributed by atoms with Crippen LogP contribution >= 0.6 is 11.3 Å². The molecule has 0 bridgehead atoms. The van der Waals surface area contributed by atoms with Gasteiger partial charge in [-0.05, 0) is 12.8 Å². The van der Waals surface area contributed by atoms with Gasteiger partial charge >= 0.3 is 0 Å². The number of ketones is 1. The summed E-state index contributed by atoms with van der Waals surface area (Å²) < 4.78 is 0. The Kier molecular flexibility index (Phi) is 3.52. The second-order valence-corrected chi connectivity index (χ2v) is 5.21. The molecule has 0 aromatic carbocycles. The normalized spacial score (nSPS) is 18.7. The maximum absolute atomic E-state index is 11.2. The first-order chi connectivity index (χ1) is 7.27. The van der Waals surface area contributed by atoms with Crippen molar-refractivity contribution in [3.8, 4) is 0 Å². The molecule has 0 N–H and O–H groups in total. The van der Waals surface area contributed by atoms with Crippen molar-refractivity contribution >= 4 is 17.1 Å². The van der Waals surface area contributed by atoms with Crippen LogP contribution in [0.3, 0.4) is 0 Å². The Morgan fingerprint density at radius 1 is 1.33 bits per heavy atom. The quantitative estimate of drug-likeness (QED) is 0.564. The number of nitrogens with zero attached hydrogens (tertiary/aromatic N) is 1. The van der Waals surface area contributed by atoms with Crippen LogP contribution in [0.1, 0.15) is 66.9 Å². The van der Waals surface area contributed by atoms with Gasteiger partial charge in [0.15, 0.2) is 5.78 Å². The molecule has 1 saturated carbocycles.